The molecule has 0 fully saturated rings. The van der Waals surface area contributed by atoms with Gasteiger partial charge in [-0.2, -0.15) is 0 Å². The maximum absolute atomic E-state index is 14.1. The number of benzene rings is 3. The molecule has 0 aliphatic heterocycles. The summed E-state index contributed by atoms with van der Waals surface area (Å²) in [6.07, 6.45) is 1.25. The first-order chi connectivity index (χ1) is 19.4. The lowest BCUT2D eigenvalue weighted by atomic mass is 10.0. The third kappa shape index (κ3) is 9.38. The molecule has 2 amide bonds. The molecule has 0 radical (unpaired) electrons. The molecule has 0 saturated heterocycles. The van der Waals surface area contributed by atoms with E-state index < -0.39 is 28.5 Å². The Morgan fingerprint density at radius 1 is 0.927 bits per heavy atom. The van der Waals surface area contributed by atoms with Crippen LogP contribution >= 0.6 is 23.2 Å². The van der Waals surface area contributed by atoms with Crippen LogP contribution in [0.25, 0.3) is 0 Å². The average Bonchev–Trinajstić information content (AvgIpc) is 2.91. The largest absolute Gasteiger partial charge is 0.494 e. The molecular weight excluding hydrogens is 585 g/mol. The van der Waals surface area contributed by atoms with E-state index in [9.17, 15) is 18.0 Å². The van der Waals surface area contributed by atoms with Gasteiger partial charge in [0.25, 0.3) is 0 Å². The zero-order chi connectivity index (χ0) is 30.2. The second-order valence-corrected chi connectivity index (χ2v) is 12.6. The van der Waals surface area contributed by atoms with Crippen LogP contribution in [0.2, 0.25) is 10.0 Å². The molecule has 0 aromatic heterocycles. The fourth-order valence-corrected chi connectivity index (χ4v) is 5.43. The molecule has 3 rings (SSSR count). The number of nitrogens with zero attached hydrogens (tertiary/aromatic N) is 2. The zero-order valence-electron chi connectivity index (χ0n) is 23.5. The number of rotatable bonds is 13. The molecule has 0 heterocycles. The molecule has 3 aromatic carbocycles. The van der Waals surface area contributed by atoms with Crippen LogP contribution in [0, 0.1) is 0 Å². The van der Waals surface area contributed by atoms with Gasteiger partial charge >= 0.3 is 0 Å². The molecule has 0 bridgehead atoms. The number of hydrogen-bond acceptors (Lipinski definition) is 5. The summed E-state index contributed by atoms with van der Waals surface area (Å²) < 4.78 is 32.3. The van der Waals surface area contributed by atoms with Crippen molar-refractivity contribution in [2.45, 2.75) is 45.8 Å². The minimum atomic E-state index is -3.87. The maximum Gasteiger partial charge on any atom is 0.244 e. The summed E-state index contributed by atoms with van der Waals surface area (Å²) in [5.74, 6) is -0.343. The third-order valence-corrected chi connectivity index (χ3v) is 8.03. The number of sulfonamides is 1. The summed E-state index contributed by atoms with van der Waals surface area (Å²) in [6, 6.07) is 19.6. The monoisotopic (exact) mass is 619 g/mol. The van der Waals surface area contributed by atoms with E-state index >= 15 is 0 Å². The van der Waals surface area contributed by atoms with Gasteiger partial charge in [-0.25, -0.2) is 8.42 Å². The van der Waals surface area contributed by atoms with E-state index in [2.05, 4.69) is 5.32 Å². The molecule has 1 atom stereocenters. The number of amides is 2. The van der Waals surface area contributed by atoms with Gasteiger partial charge in [0.1, 0.15) is 18.3 Å². The van der Waals surface area contributed by atoms with Crippen molar-refractivity contribution in [3.8, 4) is 5.75 Å². The van der Waals surface area contributed by atoms with Gasteiger partial charge in [0, 0.05) is 19.0 Å². The first kappa shape index (κ1) is 32.2. The predicted molar refractivity (Wildman–Crippen MR) is 164 cm³/mol. The minimum Gasteiger partial charge on any atom is -0.494 e. The van der Waals surface area contributed by atoms with Crippen LogP contribution in [0.15, 0.2) is 72.8 Å². The van der Waals surface area contributed by atoms with E-state index in [1.54, 1.807) is 42.5 Å². The number of carbonyl (C=O) groups is 2. The number of nitrogens with one attached hydrogen (secondary N) is 1. The molecule has 41 heavy (non-hydrogen) atoms. The lowest BCUT2D eigenvalue weighted by Crippen LogP contribution is -2.54. The molecule has 0 saturated carbocycles. The highest BCUT2D eigenvalue weighted by atomic mass is 35.5. The minimum absolute atomic E-state index is 0.000380. The van der Waals surface area contributed by atoms with Crippen LogP contribution in [-0.4, -0.2) is 56.6 Å². The molecule has 220 valence electrons. The summed E-state index contributed by atoms with van der Waals surface area (Å²) >= 11 is 12.4. The van der Waals surface area contributed by atoms with Gasteiger partial charge in [-0.1, -0.05) is 59.6 Å². The van der Waals surface area contributed by atoms with Gasteiger partial charge in [0.15, 0.2) is 0 Å². The molecule has 0 aliphatic rings. The molecular formula is C30H35Cl2N3O5S. The number of anilines is 1. The molecule has 3 aromatic rings. The van der Waals surface area contributed by atoms with Crippen molar-refractivity contribution in [1.29, 1.82) is 0 Å². The normalized spacial score (nSPS) is 12.1. The van der Waals surface area contributed by atoms with Gasteiger partial charge < -0.3 is 15.0 Å². The van der Waals surface area contributed by atoms with Crippen molar-refractivity contribution in [1.82, 2.24) is 10.2 Å². The maximum atomic E-state index is 14.1. The van der Waals surface area contributed by atoms with Crippen molar-refractivity contribution < 1.29 is 22.7 Å². The SMILES string of the molecule is CCOc1ccc(N(CC(=O)N(Cc2ccc(Cl)c(Cl)c2)[C@H](Cc2ccccc2)C(=O)NC(C)C)S(C)(=O)=O)cc1. The van der Waals surface area contributed by atoms with Crippen LogP contribution in [0.4, 0.5) is 5.69 Å². The van der Waals surface area contributed by atoms with Crippen molar-refractivity contribution in [2.24, 2.45) is 0 Å². The lowest BCUT2D eigenvalue weighted by Gasteiger charge is -2.34. The van der Waals surface area contributed by atoms with E-state index in [1.807, 2.05) is 51.1 Å². The Morgan fingerprint density at radius 3 is 2.15 bits per heavy atom. The number of hydrogen-bond donors (Lipinski definition) is 1. The van der Waals surface area contributed by atoms with Crippen LogP contribution in [0.1, 0.15) is 31.9 Å². The predicted octanol–water partition coefficient (Wildman–Crippen LogP) is 5.32. The first-order valence-electron chi connectivity index (χ1n) is 13.2. The Bertz CT molecular complexity index is 1430. The fraction of sp³-hybridized carbons (Fsp3) is 0.333. The number of halogens is 2. The summed E-state index contributed by atoms with van der Waals surface area (Å²) in [5.41, 5.74) is 1.77. The van der Waals surface area contributed by atoms with Gasteiger partial charge in [-0.3, -0.25) is 13.9 Å². The topological polar surface area (TPSA) is 96.0 Å². The highest BCUT2D eigenvalue weighted by Gasteiger charge is 2.33. The standard InChI is InChI=1S/C30H35Cl2N3O5S/c1-5-40-25-14-12-24(13-15-25)35(41(4,38)39)20-29(36)34(19-23-11-16-26(31)27(32)17-23)28(30(37)33-21(2)3)18-22-9-7-6-8-10-22/h6-17,21,28H,5,18-20H2,1-4H3,(H,33,37)/t28-/m1/s1. The number of carbonyl (C=O) groups excluding carboxylic acids is 2. The van der Waals surface area contributed by atoms with Crippen molar-refractivity contribution in [3.63, 3.8) is 0 Å². The van der Waals surface area contributed by atoms with E-state index in [1.165, 1.54) is 4.90 Å². The summed E-state index contributed by atoms with van der Waals surface area (Å²) in [7, 11) is -3.87. The molecule has 8 nitrogen and oxygen atoms in total. The quantitative estimate of drug-likeness (QED) is 0.279. The molecule has 0 aliphatic carbocycles. The molecule has 1 N–H and O–H groups in total. The Hall–Kier alpha value is -3.27. The van der Waals surface area contributed by atoms with E-state index in [4.69, 9.17) is 27.9 Å². The highest BCUT2D eigenvalue weighted by Crippen LogP contribution is 2.26. The summed E-state index contributed by atoms with van der Waals surface area (Å²) in [5, 5.41) is 3.57. The first-order valence-corrected chi connectivity index (χ1v) is 15.8. The van der Waals surface area contributed by atoms with Gasteiger partial charge in [-0.15, -0.1) is 0 Å². The highest BCUT2D eigenvalue weighted by molar-refractivity contribution is 7.92. The van der Waals surface area contributed by atoms with E-state index in [-0.39, 0.29) is 24.9 Å². The van der Waals surface area contributed by atoms with Crippen molar-refractivity contribution in [2.75, 3.05) is 23.7 Å². The fourth-order valence-electron chi connectivity index (χ4n) is 4.26. The smallest absolute Gasteiger partial charge is 0.244 e. The van der Waals surface area contributed by atoms with Crippen LogP contribution < -0.4 is 14.4 Å². The Labute approximate surface area is 252 Å². The van der Waals surface area contributed by atoms with Crippen molar-refractivity contribution in [3.05, 3.63) is 94.0 Å². The lowest BCUT2D eigenvalue weighted by molar-refractivity contribution is -0.140. The zero-order valence-corrected chi connectivity index (χ0v) is 25.8. The Kier molecular flexibility index (Phi) is 11.5. The molecule has 0 spiro atoms. The van der Waals surface area contributed by atoms with Gasteiger partial charge in [0.05, 0.1) is 28.6 Å². The van der Waals surface area contributed by atoms with E-state index in [0.717, 1.165) is 16.1 Å². The van der Waals surface area contributed by atoms with Crippen LogP contribution in [0.5, 0.6) is 5.75 Å². The summed E-state index contributed by atoms with van der Waals surface area (Å²) in [6.45, 7) is 5.45. The van der Waals surface area contributed by atoms with Crippen molar-refractivity contribution >= 4 is 50.7 Å². The average molecular weight is 621 g/mol. The Morgan fingerprint density at radius 2 is 1.59 bits per heavy atom. The second kappa shape index (κ2) is 14.6. The van der Waals surface area contributed by atoms with Gasteiger partial charge in [0.2, 0.25) is 21.8 Å². The van der Waals surface area contributed by atoms with Crippen LogP contribution in [-0.2, 0) is 32.6 Å². The number of ether oxygens (including phenoxy) is 1. The Balaban J connectivity index is 2.05. The summed E-state index contributed by atoms with van der Waals surface area (Å²) in [4.78, 5) is 29.0. The third-order valence-electron chi connectivity index (χ3n) is 6.15. The molecule has 0 unspecified atom stereocenters. The van der Waals surface area contributed by atoms with E-state index in [0.29, 0.717) is 33.7 Å². The van der Waals surface area contributed by atoms with Gasteiger partial charge in [-0.05, 0) is 68.3 Å². The van der Waals surface area contributed by atoms with Crippen LogP contribution in [0.3, 0.4) is 0 Å². The molecule has 11 heteroatoms. The second-order valence-electron chi connectivity index (χ2n) is 9.84.